The Kier molecular flexibility index (Phi) is 5.73. The first-order valence-corrected chi connectivity index (χ1v) is 10.2. The summed E-state index contributed by atoms with van der Waals surface area (Å²) in [5.41, 5.74) is 1.81. The summed E-state index contributed by atoms with van der Waals surface area (Å²) in [6.45, 7) is 3.54. The number of morpholine rings is 1. The predicted molar refractivity (Wildman–Crippen MR) is 106 cm³/mol. The standard InChI is InChI=1S/C19H21ClN4O2S/c20-16-4-2-1-3-15(16)17(23-5-8-26-9-6-23)12-21-18(25)11-14-13-24-7-10-27-19(24)22-14/h1-4,7,10,13,17H,5-6,8-9,11-12H2,(H,21,25). The Morgan fingerprint density at radius 3 is 2.93 bits per heavy atom. The van der Waals surface area contributed by atoms with Gasteiger partial charge >= 0.3 is 0 Å². The van der Waals surface area contributed by atoms with Gasteiger partial charge in [-0.05, 0) is 11.6 Å². The van der Waals surface area contributed by atoms with Crippen LogP contribution in [0.3, 0.4) is 0 Å². The molecule has 0 saturated carbocycles. The monoisotopic (exact) mass is 404 g/mol. The summed E-state index contributed by atoms with van der Waals surface area (Å²) in [6.07, 6.45) is 4.12. The molecule has 1 aliphatic rings. The van der Waals surface area contributed by atoms with E-state index in [1.165, 1.54) is 0 Å². The second kappa shape index (κ2) is 8.39. The number of nitrogens with zero attached hydrogens (tertiary/aromatic N) is 3. The number of halogens is 1. The molecule has 0 spiro atoms. The van der Waals surface area contributed by atoms with Crippen LogP contribution in [0.4, 0.5) is 0 Å². The Labute approximate surface area is 166 Å². The zero-order valence-corrected chi connectivity index (χ0v) is 16.4. The van der Waals surface area contributed by atoms with Gasteiger partial charge in [-0.1, -0.05) is 29.8 Å². The lowest BCUT2D eigenvalue weighted by atomic mass is 10.0. The molecule has 2 aromatic heterocycles. The van der Waals surface area contributed by atoms with E-state index in [0.717, 1.165) is 34.3 Å². The van der Waals surface area contributed by atoms with Crippen LogP contribution >= 0.6 is 22.9 Å². The SMILES string of the molecule is O=C(Cc1cn2ccsc2n1)NCC(c1ccccc1Cl)N1CCOCC1. The first-order chi connectivity index (χ1) is 13.2. The minimum Gasteiger partial charge on any atom is -0.379 e. The molecule has 1 amide bonds. The number of imidazole rings is 1. The maximum atomic E-state index is 12.5. The van der Waals surface area contributed by atoms with Gasteiger partial charge in [-0.2, -0.15) is 0 Å². The summed E-state index contributed by atoms with van der Waals surface area (Å²) >= 11 is 7.99. The van der Waals surface area contributed by atoms with Crippen molar-refractivity contribution in [2.24, 2.45) is 0 Å². The first-order valence-electron chi connectivity index (χ1n) is 8.95. The molecule has 1 saturated heterocycles. The van der Waals surface area contributed by atoms with E-state index < -0.39 is 0 Å². The number of carbonyl (C=O) groups excluding carboxylic acids is 1. The van der Waals surface area contributed by atoms with Gasteiger partial charge < -0.3 is 10.1 Å². The van der Waals surface area contributed by atoms with E-state index in [4.69, 9.17) is 16.3 Å². The highest BCUT2D eigenvalue weighted by Gasteiger charge is 2.25. The quantitative estimate of drug-likeness (QED) is 0.686. The maximum Gasteiger partial charge on any atom is 0.226 e. The molecule has 8 heteroatoms. The van der Waals surface area contributed by atoms with Crippen LogP contribution in [-0.4, -0.2) is 53.0 Å². The fraction of sp³-hybridized carbons (Fsp3) is 0.368. The molecule has 1 fully saturated rings. The van der Waals surface area contributed by atoms with Gasteiger partial charge in [0.05, 0.1) is 31.4 Å². The molecule has 27 heavy (non-hydrogen) atoms. The predicted octanol–water partition coefficient (Wildman–Crippen LogP) is 2.78. The van der Waals surface area contributed by atoms with E-state index in [1.54, 1.807) is 11.3 Å². The highest BCUT2D eigenvalue weighted by molar-refractivity contribution is 7.15. The van der Waals surface area contributed by atoms with Gasteiger partial charge in [-0.15, -0.1) is 11.3 Å². The average Bonchev–Trinajstić information content (AvgIpc) is 3.26. The normalized spacial score (nSPS) is 16.5. The second-order valence-electron chi connectivity index (χ2n) is 6.49. The largest absolute Gasteiger partial charge is 0.379 e. The number of benzene rings is 1. The van der Waals surface area contributed by atoms with Crippen molar-refractivity contribution in [3.63, 3.8) is 0 Å². The number of fused-ring (bicyclic) bond motifs is 1. The summed E-state index contributed by atoms with van der Waals surface area (Å²) < 4.78 is 7.41. The molecule has 0 aliphatic carbocycles. The average molecular weight is 405 g/mol. The highest BCUT2D eigenvalue weighted by atomic mass is 35.5. The third-order valence-electron chi connectivity index (χ3n) is 4.73. The third kappa shape index (κ3) is 4.32. The van der Waals surface area contributed by atoms with Crippen molar-refractivity contribution < 1.29 is 9.53 Å². The molecule has 1 aliphatic heterocycles. The Balaban J connectivity index is 1.43. The van der Waals surface area contributed by atoms with Gasteiger partial charge in [0.2, 0.25) is 5.91 Å². The van der Waals surface area contributed by atoms with Crippen molar-refractivity contribution in [2.45, 2.75) is 12.5 Å². The smallest absolute Gasteiger partial charge is 0.226 e. The molecule has 1 atom stereocenters. The van der Waals surface area contributed by atoms with Gasteiger partial charge in [0.25, 0.3) is 0 Å². The van der Waals surface area contributed by atoms with E-state index >= 15 is 0 Å². The van der Waals surface area contributed by atoms with Crippen molar-refractivity contribution in [1.82, 2.24) is 19.6 Å². The lowest BCUT2D eigenvalue weighted by Gasteiger charge is -2.35. The summed E-state index contributed by atoms with van der Waals surface area (Å²) in [4.78, 5) is 20.2. The summed E-state index contributed by atoms with van der Waals surface area (Å²) in [7, 11) is 0. The molecule has 6 nitrogen and oxygen atoms in total. The van der Waals surface area contributed by atoms with Crippen LogP contribution in [0.25, 0.3) is 4.96 Å². The van der Waals surface area contributed by atoms with Crippen LogP contribution in [0, 0.1) is 0 Å². The van der Waals surface area contributed by atoms with Gasteiger partial charge in [0, 0.05) is 42.4 Å². The van der Waals surface area contributed by atoms with Crippen LogP contribution in [0.2, 0.25) is 5.02 Å². The number of hydrogen-bond acceptors (Lipinski definition) is 5. The van der Waals surface area contributed by atoms with E-state index in [2.05, 4.69) is 15.2 Å². The van der Waals surface area contributed by atoms with Gasteiger partial charge in [-0.3, -0.25) is 14.1 Å². The van der Waals surface area contributed by atoms with Gasteiger partial charge in [-0.25, -0.2) is 4.98 Å². The summed E-state index contributed by atoms with van der Waals surface area (Å²) in [5, 5.41) is 5.76. The summed E-state index contributed by atoms with van der Waals surface area (Å²) in [5.74, 6) is -0.0360. The first kappa shape index (κ1) is 18.4. The van der Waals surface area contributed by atoms with E-state index in [0.29, 0.717) is 19.8 Å². The number of rotatable bonds is 6. The van der Waals surface area contributed by atoms with Crippen molar-refractivity contribution in [2.75, 3.05) is 32.8 Å². The van der Waals surface area contributed by atoms with Crippen LogP contribution in [0.15, 0.2) is 42.0 Å². The molecule has 1 unspecified atom stereocenters. The minimum absolute atomic E-state index is 0.0250. The van der Waals surface area contributed by atoms with E-state index in [9.17, 15) is 4.79 Å². The number of carbonyl (C=O) groups is 1. The van der Waals surface area contributed by atoms with E-state index in [1.807, 2.05) is 46.4 Å². The number of thiazole rings is 1. The third-order valence-corrected chi connectivity index (χ3v) is 5.84. The number of amides is 1. The molecule has 1 aromatic carbocycles. The lowest BCUT2D eigenvalue weighted by molar-refractivity contribution is -0.120. The van der Waals surface area contributed by atoms with Crippen LogP contribution < -0.4 is 5.32 Å². The van der Waals surface area contributed by atoms with Crippen molar-refractivity contribution >= 4 is 33.8 Å². The van der Waals surface area contributed by atoms with Gasteiger partial charge in [0.15, 0.2) is 4.96 Å². The lowest BCUT2D eigenvalue weighted by Crippen LogP contribution is -2.44. The fourth-order valence-corrected chi connectivity index (χ4v) is 4.35. The summed E-state index contributed by atoms with van der Waals surface area (Å²) in [6, 6.07) is 7.85. The Morgan fingerprint density at radius 1 is 1.33 bits per heavy atom. The van der Waals surface area contributed by atoms with Crippen molar-refractivity contribution in [1.29, 1.82) is 0 Å². The molecule has 142 valence electrons. The molecule has 3 heterocycles. The van der Waals surface area contributed by atoms with E-state index in [-0.39, 0.29) is 18.4 Å². The molecule has 0 radical (unpaired) electrons. The zero-order valence-electron chi connectivity index (χ0n) is 14.8. The maximum absolute atomic E-state index is 12.5. The Bertz CT molecular complexity index is 891. The van der Waals surface area contributed by atoms with Crippen LogP contribution in [0.1, 0.15) is 17.3 Å². The van der Waals surface area contributed by atoms with Crippen LogP contribution in [0.5, 0.6) is 0 Å². The Hall–Kier alpha value is -1.93. The number of nitrogens with one attached hydrogen (secondary N) is 1. The molecular weight excluding hydrogens is 384 g/mol. The van der Waals surface area contributed by atoms with Crippen LogP contribution in [-0.2, 0) is 16.0 Å². The highest BCUT2D eigenvalue weighted by Crippen LogP contribution is 2.27. The molecular formula is C19H21ClN4O2S. The Morgan fingerprint density at radius 2 is 2.15 bits per heavy atom. The molecule has 1 N–H and O–H groups in total. The number of hydrogen-bond donors (Lipinski definition) is 1. The second-order valence-corrected chi connectivity index (χ2v) is 7.77. The van der Waals surface area contributed by atoms with Crippen molar-refractivity contribution in [3.8, 4) is 0 Å². The molecule has 0 bridgehead atoms. The van der Waals surface area contributed by atoms with Crippen molar-refractivity contribution in [3.05, 3.63) is 58.3 Å². The number of ether oxygens (including phenoxy) is 1. The minimum atomic E-state index is -0.0360. The number of aromatic nitrogens is 2. The topological polar surface area (TPSA) is 58.9 Å². The van der Waals surface area contributed by atoms with Gasteiger partial charge in [0.1, 0.15) is 0 Å². The zero-order chi connectivity index (χ0) is 18.6. The fourth-order valence-electron chi connectivity index (χ4n) is 3.37. The molecule has 4 rings (SSSR count). The molecule has 3 aromatic rings.